The van der Waals surface area contributed by atoms with E-state index in [9.17, 15) is 4.39 Å². The molecule has 0 aliphatic rings. The van der Waals surface area contributed by atoms with Crippen LogP contribution in [0.5, 0.6) is 0 Å². The minimum Gasteiger partial charge on any atom is -0.308 e. The highest BCUT2D eigenvalue weighted by molar-refractivity contribution is 6.31. The summed E-state index contributed by atoms with van der Waals surface area (Å²) >= 11 is 11.8. The average molecular weight is 285 g/mol. The number of nitrogens with zero attached hydrogens (tertiary/aromatic N) is 1. The molecular formula is C13H11Cl2FN2. The van der Waals surface area contributed by atoms with E-state index in [0.29, 0.717) is 21.3 Å². The fourth-order valence-corrected chi connectivity index (χ4v) is 2.17. The van der Waals surface area contributed by atoms with Gasteiger partial charge in [0.25, 0.3) is 0 Å². The van der Waals surface area contributed by atoms with Crippen LogP contribution in [0.3, 0.4) is 0 Å². The van der Waals surface area contributed by atoms with Crippen molar-refractivity contribution in [2.75, 3.05) is 7.05 Å². The van der Waals surface area contributed by atoms with Gasteiger partial charge in [-0.25, -0.2) is 4.39 Å². The molecule has 0 bridgehead atoms. The molecule has 1 aromatic carbocycles. The highest BCUT2D eigenvalue weighted by Crippen LogP contribution is 2.28. The van der Waals surface area contributed by atoms with Gasteiger partial charge >= 0.3 is 0 Å². The Labute approximate surface area is 115 Å². The lowest BCUT2D eigenvalue weighted by atomic mass is 10.0. The lowest BCUT2D eigenvalue weighted by Gasteiger charge is -2.18. The van der Waals surface area contributed by atoms with Gasteiger partial charge in [0, 0.05) is 16.8 Å². The molecule has 2 aromatic rings. The smallest absolute Gasteiger partial charge is 0.129 e. The van der Waals surface area contributed by atoms with Gasteiger partial charge in [0.2, 0.25) is 0 Å². The minimum absolute atomic E-state index is 0.359. The van der Waals surface area contributed by atoms with Crippen LogP contribution in [0.1, 0.15) is 17.3 Å². The van der Waals surface area contributed by atoms with E-state index in [4.69, 9.17) is 23.2 Å². The van der Waals surface area contributed by atoms with Gasteiger partial charge in [0.15, 0.2) is 0 Å². The standard InChI is InChI=1S/C13H11Cl2FN2/c1-17-12(13-10(15)3-2-6-18-13)9-5-4-8(14)7-11(9)16/h2-7,12,17H,1H3. The fraction of sp³-hybridized carbons (Fsp3) is 0.154. The highest BCUT2D eigenvalue weighted by atomic mass is 35.5. The van der Waals surface area contributed by atoms with Gasteiger partial charge in [-0.2, -0.15) is 0 Å². The van der Waals surface area contributed by atoms with Crippen molar-refractivity contribution in [3.8, 4) is 0 Å². The normalized spacial score (nSPS) is 12.4. The van der Waals surface area contributed by atoms with Crippen molar-refractivity contribution in [2.24, 2.45) is 0 Å². The van der Waals surface area contributed by atoms with E-state index < -0.39 is 6.04 Å². The summed E-state index contributed by atoms with van der Waals surface area (Å²) in [4.78, 5) is 4.20. The first-order valence-electron chi connectivity index (χ1n) is 5.36. The first kappa shape index (κ1) is 13.3. The molecule has 0 saturated carbocycles. The molecule has 0 aliphatic heterocycles. The average Bonchev–Trinajstić information content (AvgIpc) is 2.34. The van der Waals surface area contributed by atoms with Crippen LogP contribution in [0.25, 0.3) is 0 Å². The van der Waals surface area contributed by atoms with E-state index in [1.807, 2.05) is 0 Å². The third-order valence-electron chi connectivity index (χ3n) is 2.62. The summed E-state index contributed by atoms with van der Waals surface area (Å²) in [6.07, 6.45) is 1.62. The van der Waals surface area contributed by atoms with Crippen molar-refractivity contribution in [1.82, 2.24) is 10.3 Å². The summed E-state index contributed by atoms with van der Waals surface area (Å²) in [7, 11) is 1.73. The van der Waals surface area contributed by atoms with Crippen LogP contribution in [0.15, 0.2) is 36.5 Å². The van der Waals surface area contributed by atoms with E-state index in [0.717, 1.165) is 0 Å². The van der Waals surface area contributed by atoms with Crippen molar-refractivity contribution in [3.63, 3.8) is 0 Å². The molecule has 2 nitrogen and oxygen atoms in total. The summed E-state index contributed by atoms with van der Waals surface area (Å²) in [6.45, 7) is 0. The van der Waals surface area contributed by atoms with Crippen LogP contribution in [-0.4, -0.2) is 12.0 Å². The number of hydrogen-bond donors (Lipinski definition) is 1. The number of benzene rings is 1. The van der Waals surface area contributed by atoms with Crippen molar-refractivity contribution < 1.29 is 4.39 Å². The predicted octanol–water partition coefficient (Wildman–Crippen LogP) is 3.84. The van der Waals surface area contributed by atoms with Gasteiger partial charge in [0.1, 0.15) is 5.82 Å². The molecule has 0 spiro atoms. The van der Waals surface area contributed by atoms with Gasteiger partial charge in [0.05, 0.1) is 16.8 Å². The molecular weight excluding hydrogens is 274 g/mol. The molecule has 0 amide bonds. The van der Waals surface area contributed by atoms with Crippen LogP contribution >= 0.6 is 23.2 Å². The second-order valence-electron chi connectivity index (χ2n) is 3.76. The Kier molecular flexibility index (Phi) is 4.17. The molecule has 1 heterocycles. The molecule has 1 aromatic heterocycles. The number of pyridine rings is 1. The second kappa shape index (κ2) is 5.65. The monoisotopic (exact) mass is 284 g/mol. The first-order chi connectivity index (χ1) is 8.63. The molecule has 0 aliphatic carbocycles. The maximum atomic E-state index is 13.9. The Morgan fingerprint density at radius 2 is 2.06 bits per heavy atom. The van der Waals surface area contributed by atoms with Crippen molar-refractivity contribution in [2.45, 2.75) is 6.04 Å². The zero-order valence-electron chi connectivity index (χ0n) is 9.62. The van der Waals surface area contributed by atoms with E-state index in [1.165, 1.54) is 6.07 Å². The van der Waals surface area contributed by atoms with E-state index in [-0.39, 0.29) is 5.82 Å². The third kappa shape index (κ3) is 2.64. The third-order valence-corrected chi connectivity index (χ3v) is 3.18. The molecule has 1 atom stereocenters. The Bertz CT molecular complexity index is 560. The molecule has 2 rings (SSSR count). The Morgan fingerprint density at radius 3 is 2.67 bits per heavy atom. The molecule has 94 valence electrons. The number of nitrogens with one attached hydrogen (secondary N) is 1. The summed E-state index contributed by atoms with van der Waals surface area (Å²) in [5.74, 6) is -0.386. The summed E-state index contributed by atoms with van der Waals surface area (Å²) in [6, 6.07) is 7.60. The van der Waals surface area contributed by atoms with Crippen molar-refractivity contribution >= 4 is 23.2 Å². The Hall–Kier alpha value is -1.16. The van der Waals surface area contributed by atoms with E-state index in [2.05, 4.69) is 10.3 Å². The van der Waals surface area contributed by atoms with Crippen LogP contribution in [0.4, 0.5) is 4.39 Å². The largest absolute Gasteiger partial charge is 0.308 e. The summed E-state index contributed by atoms with van der Waals surface area (Å²) < 4.78 is 13.9. The van der Waals surface area contributed by atoms with Crippen LogP contribution in [0, 0.1) is 5.82 Å². The molecule has 5 heteroatoms. The predicted molar refractivity (Wildman–Crippen MR) is 71.6 cm³/mol. The summed E-state index contributed by atoms with van der Waals surface area (Å²) in [5, 5.41) is 3.86. The molecule has 0 radical (unpaired) electrons. The van der Waals surface area contributed by atoms with Crippen LogP contribution < -0.4 is 5.32 Å². The zero-order valence-corrected chi connectivity index (χ0v) is 11.1. The molecule has 1 N–H and O–H groups in total. The SMILES string of the molecule is CNC(c1ccc(Cl)cc1F)c1ncccc1Cl. The van der Waals surface area contributed by atoms with Gasteiger partial charge in [-0.1, -0.05) is 29.3 Å². The molecule has 0 fully saturated rings. The topological polar surface area (TPSA) is 24.9 Å². The Morgan fingerprint density at radius 1 is 1.28 bits per heavy atom. The number of rotatable bonds is 3. The van der Waals surface area contributed by atoms with Crippen LogP contribution in [0.2, 0.25) is 10.0 Å². The minimum atomic E-state index is -0.407. The lowest BCUT2D eigenvalue weighted by Crippen LogP contribution is -2.20. The lowest BCUT2D eigenvalue weighted by molar-refractivity contribution is 0.571. The fourth-order valence-electron chi connectivity index (χ4n) is 1.79. The number of aromatic nitrogens is 1. The van der Waals surface area contributed by atoms with Gasteiger partial charge in [-0.3, -0.25) is 4.98 Å². The molecule has 0 saturated heterocycles. The summed E-state index contributed by atoms with van der Waals surface area (Å²) in [5.41, 5.74) is 1.05. The molecule has 18 heavy (non-hydrogen) atoms. The van der Waals surface area contributed by atoms with Gasteiger partial charge in [-0.05, 0) is 31.3 Å². The first-order valence-corrected chi connectivity index (χ1v) is 6.11. The van der Waals surface area contributed by atoms with Crippen molar-refractivity contribution in [3.05, 3.63) is 63.6 Å². The van der Waals surface area contributed by atoms with Gasteiger partial charge < -0.3 is 5.32 Å². The van der Waals surface area contributed by atoms with E-state index in [1.54, 1.807) is 37.5 Å². The molecule has 1 unspecified atom stereocenters. The van der Waals surface area contributed by atoms with Crippen molar-refractivity contribution in [1.29, 1.82) is 0 Å². The zero-order chi connectivity index (χ0) is 13.1. The maximum Gasteiger partial charge on any atom is 0.129 e. The number of halogens is 3. The quantitative estimate of drug-likeness (QED) is 0.926. The highest BCUT2D eigenvalue weighted by Gasteiger charge is 2.19. The van der Waals surface area contributed by atoms with Gasteiger partial charge in [-0.15, -0.1) is 0 Å². The van der Waals surface area contributed by atoms with Crippen LogP contribution in [-0.2, 0) is 0 Å². The second-order valence-corrected chi connectivity index (χ2v) is 4.60. The van der Waals surface area contributed by atoms with E-state index >= 15 is 0 Å². The maximum absolute atomic E-state index is 13.9. The number of hydrogen-bond acceptors (Lipinski definition) is 2. The Balaban J connectivity index is 2.49.